The van der Waals surface area contributed by atoms with E-state index < -0.39 is 0 Å². The largest absolute Gasteiger partial charge is 0.396 e. The number of benzene rings is 2. The molecule has 1 unspecified atom stereocenters. The first-order chi connectivity index (χ1) is 9.59. The molecule has 20 heavy (non-hydrogen) atoms. The Bertz CT molecular complexity index is 603. The minimum absolute atomic E-state index is 0.0696. The zero-order valence-corrected chi connectivity index (χ0v) is 12.0. The Labute approximate surface area is 119 Å². The van der Waals surface area contributed by atoms with E-state index in [1.165, 1.54) is 0 Å². The molecule has 2 N–H and O–H groups in total. The van der Waals surface area contributed by atoms with Gasteiger partial charge in [-0.3, -0.25) is 4.79 Å². The summed E-state index contributed by atoms with van der Waals surface area (Å²) in [6.45, 7) is 4.05. The molecule has 1 amide bonds. The molecular weight excluding hydrogens is 250 g/mol. The highest BCUT2D eigenvalue weighted by atomic mass is 16.3. The molecule has 106 valence electrons. The lowest BCUT2D eigenvalue weighted by Gasteiger charge is -2.29. The number of nitrogens with one attached hydrogen (secondary N) is 1. The number of carbonyl (C=O) groups excluding carboxylic acids is 1. The SMILES string of the molecule is CCC(C)(CCO)NC(=O)c1cccc2ccccc12. The average molecular weight is 271 g/mol. The van der Waals surface area contributed by atoms with E-state index in [1.807, 2.05) is 56.3 Å². The fourth-order valence-corrected chi connectivity index (χ4v) is 2.34. The number of amides is 1. The Morgan fingerprint density at radius 3 is 2.60 bits per heavy atom. The second-order valence-electron chi connectivity index (χ2n) is 5.37. The fourth-order valence-electron chi connectivity index (χ4n) is 2.34. The molecule has 0 fully saturated rings. The Kier molecular flexibility index (Phi) is 4.40. The van der Waals surface area contributed by atoms with Crippen LogP contribution in [0, 0.1) is 0 Å². The minimum atomic E-state index is -0.372. The van der Waals surface area contributed by atoms with Crippen molar-refractivity contribution in [2.45, 2.75) is 32.2 Å². The number of hydrogen-bond donors (Lipinski definition) is 2. The maximum Gasteiger partial charge on any atom is 0.252 e. The first kappa shape index (κ1) is 14.5. The van der Waals surface area contributed by atoms with Gasteiger partial charge in [0.15, 0.2) is 0 Å². The summed E-state index contributed by atoms with van der Waals surface area (Å²) >= 11 is 0. The lowest BCUT2D eigenvalue weighted by molar-refractivity contribution is 0.0888. The predicted molar refractivity (Wildman–Crippen MR) is 81.8 cm³/mol. The van der Waals surface area contributed by atoms with E-state index in [1.54, 1.807) is 0 Å². The monoisotopic (exact) mass is 271 g/mol. The van der Waals surface area contributed by atoms with Gasteiger partial charge in [0.1, 0.15) is 0 Å². The third-order valence-corrected chi connectivity index (χ3v) is 3.89. The van der Waals surface area contributed by atoms with E-state index in [-0.39, 0.29) is 18.1 Å². The van der Waals surface area contributed by atoms with Crippen LogP contribution in [0.3, 0.4) is 0 Å². The molecule has 2 aromatic rings. The fraction of sp³-hybridized carbons (Fsp3) is 0.353. The molecule has 0 aromatic heterocycles. The third-order valence-electron chi connectivity index (χ3n) is 3.89. The number of aliphatic hydroxyl groups excluding tert-OH is 1. The number of rotatable bonds is 5. The van der Waals surface area contributed by atoms with E-state index in [0.717, 1.165) is 17.2 Å². The number of aliphatic hydroxyl groups is 1. The molecular formula is C17H21NO2. The van der Waals surface area contributed by atoms with Gasteiger partial charge in [0.05, 0.1) is 0 Å². The first-order valence-corrected chi connectivity index (χ1v) is 7.01. The van der Waals surface area contributed by atoms with Crippen molar-refractivity contribution in [3.63, 3.8) is 0 Å². The van der Waals surface area contributed by atoms with Gasteiger partial charge in [0, 0.05) is 17.7 Å². The van der Waals surface area contributed by atoms with Crippen LogP contribution in [-0.4, -0.2) is 23.2 Å². The Morgan fingerprint density at radius 1 is 1.20 bits per heavy atom. The molecule has 3 heteroatoms. The molecule has 0 aliphatic heterocycles. The molecule has 0 heterocycles. The van der Waals surface area contributed by atoms with Gasteiger partial charge >= 0.3 is 0 Å². The molecule has 1 atom stereocenters. The first-order valence-electron chi connectivity index (χ1n) is 7.01. The topological polar surface area (TPSA) is 49.3 Å². The van der Waals surface area contributed by atoms with Crippen LogP contribution in [0.15, 0.2) is 42.5 Å². The summed E-state index contributed by atoms with van der Waals surface area (Å²) in [7, 11) is 0. The normalized spacial score (nSPS) is 13.9. The molecule has 0 aliphatic rings. The number of hydrogen-bond acceptors (Lipinski definition) is 2. The van der Waals surface area contributed by atoms with Crippen LogP contribution in [0.2, 0.25) is 0 Å². The molecule has 2 aromatic carbocycles. The summed E-state index contributed by atoms with van der Waals surface area (Å²) in [4.78, 5) is 12.5. The summed E-state index contributed by atoms with van der Waals surface area (Å²) in [6.07, 6.45) is 1.34. The summed E-state index contributed by atoms with van der Waals surface area (Å²) < 4.78 is 0. The van der Waals surface area contributed by atoms with Crippen LogP contribution < -0.4 is 5.32 Å². The van der Waals surface area contributed by atoms with Crippen molar-refractivity contribution >= 4 is 16.7 Å². The standard InChI is InChI=1S/C17H21NO2/c1-3-17(2,11-12-19)18-16(20)15-10-6-8-13-7-4-5-9-14(13)15/h4-10,19H,3,11-12H2,1-2H3,(H,18,20). The Balaban J connectivity index is 2.32. The van der Waals surface area contributed by atoms with Crippen LogP contribution in [-0.2, 0) is 0 Å². The van der Waals surface area contributed by atoms with E-state index >= 15 is 0 Å². The smallest absolute Gasteiger partial charge is 0.252 e. The molecule has 2 rings (SSSR count). The van der Waals surface area contributed by atoms with Crippen molar-refractivity contribution in [3.8, 4) is 0 Å². The number of carbonyl (C=O) groups is 1. The lowest BCUT2D eigenvalue weighted by atomic mass is 9.94. The third kappa shape index (κ3) is 2.99. The second-order valence-corrected chi connectivity index (χ2v) is 5.37. The lowest BCUT2D eigenvalue weighted by Crippen LogP contribution is -2.46. The van der Waals surface area contributed by atoms with E-state index in [4.69, 9.17) is 5.11 Å². The van der Waals surface area contributed by atoms with Crippen molar-refractivity contribution in [3.05, 3.63) is 48.0 Å². The van der Waals surface area contributed by atoms with Gasteiger partial charge in [-0.05, 0) is 36.6 Å². The van der Waals surface area contributed by atoms with Crippen LogP contribution in [0.4, 0.5) is 0 Å². The predicted octanol–water partition coefficient (Wildman–Crippen LogP) is 3.12. The van der Waals surface area contributed by atoms with Gasteiger partial charge in [0.25, 0.3) is 5.91 Å². The van der Waals surface area contributed by atoms with Crippen LogP contribution in [0.25, 0.3) is 10.8 Å². The van der Waals surface area contributed by atoms with Gasteiger partial charge in [-0.15, -0.1) is 0 Å². The number of fused-ring (bicyclic) bond motifs is 1. The summed E-state index contributed by atoms with van der Waals surface area (Å²) in [6, 6.07) is 13.6. The Hall–Kier alpha value is -1.87. The van der Waals surface area contributed by atoms with E-state index in [0.29, 0.717) is 12.0 Å². The van der Waals surface area contributed by atoms with Crippen LogP contribution >= 0.6 is 0 Å². The van der Waals surface area contributed by atoms with E-state index in [2.05, 4.69) is 5.32 Å². The van der Waals surface area contributed by atoms with Crippen molar-refractivity contribution in [2.24, 2.45) is 0 Å². The van der Waals surface area contributed by atoms with Gasteiger partial charge in [0.2, 0.25) is 0 Å². The molecule has 3 nitrogen and oxygen atoms in total. The van der Waals surface area contributed by atoms with Crippen molar-refractivity contribution in [1.29, 1.82) is 0 Å². The minimum Gasteiger partial charge on any atom is -0.396 e. The summed E-state index contributed by atoms with van der Waals surface area (Å²) in [5, 5.41) is 14.2. The summed E-state index contributed by atoms with van der Waals surface area (Å²) in [5.74, 6) is -0.0837. The molecule has 0 saturated heterocycles. The van der Waals surface area contributed by atoms with Crippen LogP contribution in [0.5, 0.6) is 0 Å². The highest BCUT2D eigenvalue weighted by Gasteiger charge is 2.24. The van der Waals surface area contributed by atoms with Crippen molar-refractivity contribution in [2.75, 3.05) is 6.61 Å². The quantitative estimate of drug-likeness (QED) is 0.877. The highest BCUT2D eigenvalue weighted by molar-refractivity contribution is 6.07. The molecule has 0 radical (unpaired) electrons. The zero-order valence-electron chi connectivity index (χ0n) is 12.0. The molecule has 0 aliphatic carbocycles. The molecule has 0 spiro atoms. The van der Waals surface area contributed by atoms with Crippen molar-refractivity contribution in [1.82, 2.24) is 5.32 Å². The zero-order chi connectivity index (χ0) is 14.6. The second kappa shape index (κ2) is 6.06. The van der Waals surface area contributed by atoms with Crippen LogP contribution in [0.1, 0.15) is 37.0 Å². The van der Waals surface area contributed by atoms with Gasteiger partial charge in [-0.2, -0.15) is 0 Å². The van der Waals surface area contributed by atoms with Gasteiger partial charge in [-0.25, -0.2) is 0 Å². The average Bonchev–Trinajstić information content (AvgIpc) is 2.46. The van der Waals surface area contributed by atoms with Gasteiger partial charge < -0.3 is 10.4 Å². The van der Waals surface area contributed by atoms with Crippen molar-refractivity contribution < 1.29 is 9.90 Å². The maximum absolute atomic E-state index is 12.5. The Morgan fingerprint density at radius 2 is 1.90 bits per heavy atom. The molecule has 0 bridgehead atoms. The van der Waals surface area contributed by atoms with Gasteiger partial charge in [-0.1, -0.05) is 43.3 Å². The highest BCUT2D eigenvalue weighted by Crippen LogP contribution is 2.20. The summed E-state index contributed by atoms with van der Waals surface area (Å²) in [5.41, 5.74) is 0.309. The maximum atomic E-state index is 12.5. The van der Waals surface area contributed by atoms with E-state index in [9.17, 15) is 4.79 Å². The molecule has 0 saturated carbocycles.